The molecule has 2 aromatic rings. The van der Waals surface area contributed by atoms with Crippen molar-refractivity contribution in [1.29, 1.82) is 0 Å². The second kappa shape index (κ2) is 7.67. The van der Waals surface area contributed by atoms with Crippen LogP contribution in [0.1, 0.15) is 21.5 Å². The quantitative estimate of drug-likeness (QED) is 0.852. The molecular weight excluding hydrogens is 340 g/mol. The van der Waals surface area contributed by atoms with Gasteiger partial charge in [-0.05, 0) is 43.2 Å². The maximum atomic E-state index is 12.6. The van der Waals surface area contributed by atoms with Crippen molar-refractivity contribution >= 4 is 15.9 Å². The number of hydrogen-bond acceptors (Lipinski definition) is 4. The fourth-order valence-electron chi connectivity index (χ4n) is 2.33. The molecule has 0 heterocycles. The van der Waals surface area contributed by atoms with Crippen LogP contribution < -0.4 is 9.88 Å². The number of primary sulfonamides is 1. The topological polar surface area (TPSA) is 89.7 Å². The number of aryl methyl sites for hydroxylation is 2. The van der Waals surface area contributed by atoms with Crippen molar-refractivity contribution in [3.63, 3.8) is 0 Å². The molecule has 0 radical (unpaired) electrons. The number of nitrogens with two attached hydrogens (primary N) is 1. The number of rotatable bonds is 6. The van der Waals surface area contributed by atoms with Crippen molar-refractivity contribution in [1.82, 2.24) is 4.90 Å². The average Bonchev–Trinajstić information content (AvgIpc) is 2.55. The first kappa shape index (κ1) is 19.0. The van der Waals surface area contributed by atoms with Gasteiger partial charge in [0.05, 0.1) is 11.4 Å². The molecule has 0 aliphatic carbocycles. The third-order valence-electron chi connectivity index (χ3n) is 3.89. The van der Waals surface area contributed by atoms with E-state index in [0.717, 1.165) is 11.3 Å². The van der Waals surface area contributed by atoms with Crippen molar-refractivity contribution in [2.45, 2.75) is 18.7 Å². The summed E-state index contributed by atoms with van der Waals surface area (Å²) in [4.78, 5) is 14.0. The van der Waals surface area contributed by atoms with Gasteiger partial charge in [0.2, 0.25) is 10.0 Å². The lowest BCUT2D eigenvalue weighted by atomic mass is 10.1. The Morgan fingerprint density at radius 3 is 2.44 bits per heavy atom. The fraction of sp³-hybridized carbons (Fsp3) is 0.278. The van der Waals surface area contributed by atoms with Gasteiger partial charge >= 0.3 is 0 Å². The summed E-state index contributed by atoms with van der Waals surface area (Å²) in [6.45, 7) is 4.40. The number of carbonyl (C=O) groups excluding carboxylic acids is 1. The molecule has 2 aromatic carbocycles. The first-order chi connectivity index (χ1) is 11.7. The van der Waals surface area contributed by atoms with Crippen LogP contribution >= 0.6 is 0 Å². The van der Waals surface area contributed by atoms with Crippen LogP contribution in [-0.4, -0.2) is 39.4 Å². The smallest absolute Gasteiger partial charge is 0.254 e. The van der Waals surface area contributed by atoms with E-state index < -0.39 is 10.0 Å². The molecule has 0 spiro atoms. The van der Waals surface area contributed by atoms with Crippen LogP contribution in [0.4, 0.5) is 0 Å². The lowest BCUT2D eigenvalue weighted by Crippen LogP contribution is -2.31. The van der Waals surface area contributed by atoms with Gasteiger partial charge in [-0.1, -0.05) is 24.3 Å². The van der Waals surface area contributed by atoms with Crippen molar-refractivity contribution in [3.8, 4) is 5.75 Å². The highest BCUT2D eigenvalue weighted by Gasteiger charge is 2.18. The summed E-state index contributed by atoms with van der Waals surface area (Å²) < 4.78 is 28.7. The number of para-hydroxylation sites is 1. The molecule has 2 N–H and O–H groups in total. The third-order valence-corrected chi connectivity index (χ3v) is 4.80. The van der Waals surface area contributed by atoms with Crippen molar-refractivity contribution in [3.05, 3.63) is 59.2 Å². The van der Waals surface area contributed by atoms with Crippen LogP contribution in [0.15, 0.2) is 47.4 Å². The minimum absolute atomic E-state index is 0.0778. The zero-order chi connectivity index (χ0) is 18.6. The first-order valence-electron chi connectivity index (χ1n) is 7.77. The van der Waals surface area contributed by atoms with Crippen molar-refractivity contribution in [2.24, 2.45) is 5.14 Å². The predicted molar refractivity (Wildman–Crippen MR) is 96.2 cm³/mol. The maximum absolute atomic E-state index is 12.6. The second-order valence-electron chi connectivity index (χ2n) is 5.86. The van der Waals surface area contributed by atoms with Crippen LogP contribution in [-0.2, 0) is 10.0 Å². The van der Waals surface area contributed by atoms with E-state index in [9.17, 15) is 13.2 Å². The van der Waals surface area contributed by atoms with E-state index in [1.54, 1.807) is 20.0 Å². The maximum Gasteiger partial charge on any atom is 0.254 e. The standard InChI is InChI=1S/C18H22N2O4S/c1-13-8-9-15(25(19,22)23)12-16(13)18(21)20(3)10-11-24-17-7-5-4-6-14(17)2/h4-9,12H,10-11H2,1-3H3,(H2,19,22,23). The van der Waals surface area contributed by atoms with Gasteiger partial charge in [0.25, 0.3) is 5.91 Å². The highest BCUT2D eigenvalue weighted by molar-refractivity contribution is 7.89. The molecule has 7 heteroatoms. The number of carbonyl (C=O) groups is 1. The van der Waals surface area contributed by atoms with E-state index in [4.69, 9.17) is 9.88 Å². The minimum Gasteiger partial charge on any atom is -0.491 e. The fourth-order valence-corrected chi connectivity index (χ4v) is 2.87. The van der Waals surface area contributed by atoms with Crippen LogP contribution in [0, 0.1) is 13.8 Å². The zero-order valence-corrected chi connectivity index (χ0v) is 15.3. The number of likely N-dealkylation sites (N-methyl/N-ethyl adjacent to an activating group) is 1. The molecule has 0 fully saturated rings. The van der Waals surface area contributed by atoms with E-state index in [2.05, 4.69) is 0 Å². The Balaban J connectivity index is 2.06. The van der Waals surface area contributed by atoms with E-state index in [-0.39, 0.29) is 10.8 Å². The summed E-state index contributed by atoms with van der Waals surface area (Å²) >= 11 is 0. The molecule has 134 valence electrons. The molecule has 0 aliphatic heterocycles. The minimum atomic E-state index is -3.85. The van der Waals surface area contributed by atoms with Crippen molar-refractivity contribution < 1.29 is 17.9 Å². The van der Waals surface area contributed by atoms with Crippen LogP contribution in [0.25, 0.3) is 0 Å². The first-order valence-corrected chi connectivity index (χ1v) is 9.32. The number of benzene rings is 2. The van der Waals surface area contributed by atoms with Gasteiger partial charge in [-0.25, -0.2) is 13.6 Å². The van der Waals surface area contributed by atoms with Crippen molar-refractivity contribution in [2.75, 3.05) is 20.2 Å². The Bertz CT molecular complexity index is 878. The Morgan fingerprint density at radius 2 is 1.80 bits per heavy atom. The van der Waals surface area contributed by atoms with E-state index >= 15 is 0 Å². The second-order valence-corrected chi connectivity index (χ2v) is 7.42. The van der Waals surface area contributed by atoms with E-state index in [1.165, 1.54) is 17.0 Å². The molecule has 25 heavy (non-hydrogen) atoms. The van der Waals surface area contributed by atoms with Gasteiger partial charge in [-0.15, -0.1) is 0 Å². The average molecular weight is 362 g/mol. The van der Waals surface area contributed by atoms with Gasteiger partial charge in [0.1, 0.15) is 12.4 Å². The zero-order valence-electron chi connectivity index (χ0n) is 14.5. The predicted octanol–water partition coefficient (Wildman–Crippen LogP) is 2.10. The molecule has 0 saturated carbocycles. The normalized spacial score (nSPS) is 11.2. The molecular formula is C18H22N2O4S. The van der Waals surface area contributed by atoms with Gasteiger partial charge in [-0.3, -0.25) is 4.79 Å². The Hall–Kier alpha value is -2.38. The Morgan fingerprint density at radius 1 is 1.12 bits per heavy atom. The SMILES string of the molecule is Cc1ccccc1OCCN(C)C(=O)c1cc(S(N)(=O)=O)ccc1C. The monoisotopic (exact) mass is 362 g/mol. The van der Waals surface area contributed by atoms with Gasteiger partial charge < -0.3 is 9.64 Å². The highest BCUT2D eigenvalue weighted by atomic mass is 32.2. The molecule has 6 nitrogen and oxygen atoms in total. The number of sulfonamides is 1. The van der Waals surface area contributed by atoms with Gasteiger partial charge in [-0.2, -0.15) is 0 Å². The molecule has 0 aliphatic rings. The van der Waals surface area contributed by atoms with Crippen LogP contribution in [0.5, 0.6) is 5.75 Å². The van der Waals surface area contributed by atoms with Crippen LogP contribution in [0.3, 0.4) is 0 Å². The molecule has 0 bridgehead atoms. The number of nitrogens with zero attached hydrogens (tertiary/aromatic N) is 1. The summed E-state index contributed by atoms with van der Waals surface area (Å²) in [5, 5.41) is 5.14. The lowest BCUT2D eigenvalue weighted by Gasteiger charge is -2.19. The van der Waals surface area contributed by atoms with Crippen LogP contribution in [0.2, 0.25) is 0 Å². The van der Waals surface area contributed by atoms with E-state index in [1.807, 2.05) is 31.2 Å². The number of amides is 1. The molecule has 0 unspecified atom stereocenters. The lowest BCUT2D eigenvalue weighted by molar-refractivity contribution is 0.0772. The van der Waals surface area contributed by atoms with Gasteiger partial charge in [0.15, 0.2) is 0 Å². The number of hydrogen-bond donors (Lipinski definition) is 1. The Kier molecular flexibility index (Phi) is 5.81. The molecule has 0 aromatic heterocycles. The van der Waals surface area contributed by atoms with E-state index in [0.29, 0.717) is 24.3 Å². The Labute approximate surface area is 148 Å². The van der Waals surface area contributed by atoms with Gasteiger partial charge in [0, 0.05) is 12.6 Å². The highest BCUT2D eigenvalue weighted by Crippen LogP contribution is 2.17. The molecule has 0 atom stereocenters. The summed E-state index contributed by atoms with van der Waals surface area (Å²) in [6, 6.07) is 11.9. The molecule has 0 saturated heterocycles. The largest absolute Gasteiger partial charge is 0.491 e. The summed E-state index contributed by atoms with van der Waals surface area (Å²) in [6.07, 6.45) is 0. The third kappa shape index (κ3) is 4.80. The summed E-state index contributed by atoms with van der Waals surface area (Å²) in [5.41, 5.74) is 2.02. The molecule has 2 rings (SSSR count). The summed E-state index contributed by atoms with van der Waals surface area (Å²) in [5.74, 6) is 0.493. The number of ether oxygens (including phenoxy) is 1. The summed E-state index contributed by atoms with van der Waals surface area (Å²) in [7, 11) is -2.21. The molecule has 1 amide bonds.